The van der Waals surface area contributed by atoms with Gasteiger partial charge >= 0.3 is 0 Å². The van der Waals surface area contributed by atoms with Crippen LogP contribution in [0.25, 0.3) is 0 Å². The monoisotopic (exact) mass is 236 g/mol. The van der Waals surface area contributed by atoms with Gasteiger partial charge in [-0.25, -0.2) is 0 Å². The van der Waals surface area contributed by atoms with Crippen molar-refractivity contribution in [2.75, 3.05) is 11.4 Å². The van der Waals surface area contributed by atoms with Crippen molar-refractivity contribution in [3.63, 3.8) is 0 Å². The van der Waals surface area contributed by atoms with Gasteiger partial charge in [0.05, 0.1) is 11.3 Å². The summed E-state index contributed by atoms with van der Waals surface area (Å²) in [7, 11) is 0. The molecule has 0 aliphatic heterocycles. The van der Waals surface area contributed by atoms with Gasteiger partial charge in [0.15, 0.2) is 0 Å². The van der Waals surface area contributed by atoms with Gasteiger partial charge < -0.3 is 4.90 Å². The SMILES string of the molecule is CCCN(c1ccc(Cl)cc1C#N)C(C)C. The Morgan fingerprint density at radius 1 is 1.44 bits per heavy atom. The van der Waals surface area contributed by atoms with Gasteiger partial charge in [-0.05, 0) is 38.5 Å². The zero-order valence-electron chi connectivity index (χ0n) is 10.00. The minimum atomic E-state index is 0.383. The molecule has 0 aliphatic carbocycles. The maximum absolute atomic E-state index is 9.11. The van der Waals surface area contributed by atoms with E-state index < -0.39 is 0 Å². The summed E-state index contributed by atoms with van der Waals surface area (Å²) in [4.78, 5) is 2.23. The Kier molecular flexibility index (Phi) is 4.64. The summed E-state index contributed by atoms with van der Waals surface area (Å²) in [6.07, 6.45) is 1.06. The molecule has 0 atom stereocenters. The average molecular weight is 237 g/mol. The quantitative estimate of drug-likeness (QED) is 0.794. The summed E-state index contributed by atoms with van der Waals surface area (Å²) in [6.45, 7) is 7.35. The van der Waals surface area contributed by atoms with Gasteiger partial charge in [-0.2, -0.15) is 5.26 Å². The zero-order valence-corrected chi connectivity index (χ0v) is 10.8. The second-order valence-corrected chi connectivity index (χ2v) is 4.50. The van der Waals surface area contributed by atoms with Crippen molar-refractivity contribution in [3.05, 3.63) is 28.8 Å². The van der Waals surface area contributed by atoms with Crippen molar-refractivity contribution < 1.29 is 0 Å². The summed E-state index contributed by atoms with van der Waals surface area (Å²) in [5.41, 5.74) is 1.62. The fourth-order valence-electron chi connectivity index (χ4n) is 1.75. The molecule has 0 saturated carbocycles. The molecule has 0 aromatic heterocycles. The highest BCUT2D eigenvalue weighted by Gasteiger charge is 2.13. The summed E-state index contributed by atoms with van der Waals surface area (Å²) < 4.78 is 0. The third-order valence-electron chi connectivity index (χ3n) is 2.48. The second-order valence-electron chi connectivity index (χ2n) is 4.06. The van der Waals surface area contributed by atoms with Crippen molar-refractivity contribution in [1.82, 2.24) is 0 Å². The first-order chi connectivity index (χ1) is 7.60. The van der Waals surface area contributed by atoms with Crippen LogP contribution in [0.3, 0.4) is 0 Å². The first-order valence-electron chi connectivity index (χ1n) is 5.56. The molecular weight excluding hydrogens is 220 g/mol. The number of nitriles is 1. The lowest BCUT2D eigenvalue weighted by molar-refractivity contribution is 0.670. The minimum Gasteiger partial charge on any atom is -0.368 e. The van der Waals surface area contributed by atoms with E-state index in [1.165, 1.54) is 0 Å². The van der Waals surface area contributed by atoms with Crippen LogP contribution in [0.2, 0.25) is 5.02 Å². The lowest BCUT2D eigenvalue weighted by Gasteiger charge is -2.29. The first kappa shape index (κ1) is 12.9. The van der Waals surface area contributed by atoms with Crippen LogP contribution in [-0.2, 0) is 0 Å². The molecule has 0 N–H and O–H groups in total. The highest BCUT2D eigenvalue weighted by atomic mass is 35.5. The van der Waals surface area contributed by atoms with Gasteiger partial charge in [0.1, 0.15) is 6.07 Å². The van der Waals surface area contributed by atoms with Crippen molar-refractivity contribution in [2.45, 2.75) is 33.2 Å². The topological polar surface area (TPSA) is 27.0 Å². The van der Waals surface area contributed by atoms with E-state index in [0.29, 0.717) is 16.6 Å². The van der Waals surface area contributed by atoms with E-state index in [-0.39, 0.29) is 0 Å². The molecule has 0 amide bonds. The van der Waals surface area contributed by atoms with E-state index in [1.54, 1.807) is 6.07 Å². The summed E-state index contributed by atoms with van der Waals surface area (Å²) in [5.74, 6) is 0. The highest BCUT2D eigenvalue weighted by molar-refractivity contribution is 6.30. The maximum Gasteiger partial charge on any atom is 0.101 e. The minimum absolute atomic E-state index is 0.383. The molecule has 0 spiro atoms. The van der Waals surface area contributed by atoms with Crippen LogP contribution in [0, 0.1) is 11.3 Å². The third kappa shape index (κ3) is 2.90. The Balaban J connectivity index is 3.14. The molecule has 0 unspecified atom stereocenters. The predicted molar refractivity (Wildman–Crippen MR) is 68.9 cm³/mol. The molecule has 0 radical (unpaired) electrons. The van der Waals surface area contributed by atoms with E-state index in [0.717, 1.165) is 18.7 Å². The smallest absolute Gasteiger partial charge is 0.101 e. The fraction of sp³-hybridized carbons (Fsp3) is 0.462. The third-order valence-corrected chi connectivity index (χ3v) is 2.71. The van der Waals surface area contributed by atoms with Gasteiger partial charge in [-0.3, -0.25) is 0 Å². The normalized spacial score (nSPS) is 10.2. The van der Waals surface area contributed by atoms with Gasteiger partial charge in [-0.1, -0.05) is 18.5 Å². The van der Waals surface area contributed by atoms with Crippen LogP contribution in [0.15, 0.2) is 18.2 Å². The molecule has 1 aromatic rings. The Hall–Kier alpha value is -1.20. The van der Waals surface area contributed by atoms with Crippen LogP contribution >= 0.6 is 11.6 Å². The number of benzene rings is 1. The van der Waals surface area contributed by atoms with E-state index in [4.69, 9.17) is 16.9 Å². The number of anilines is 1. The summed E-state index contributed by atoms with van der Waals surface area (Å²) in [6, 6.07) is 8.07. The Labute approximate surface area is 102 Å². The number of hydrogen-bond acceptors (Lipinski definition) is 2. The molecule has 0 bridgehead atoms. The molecule has 0 heterocycles. The van der Waals surface area contributed by atoms with Crippen molar-refractivity contribution in [1.29, 1.82) is 5.26 Å². The van der Waals surface area contributed by atoms with Crippen molar-refractivity contribution in [3.8, 4) is 6.07 Å². The molecule has 16 heavy (non-hydrogen) atoms. The Morgan fingerprint density at radius 2 is 2.12 bits per heavy atom. The highest BCUT2D eigenvalue weighted by Crippen LogP contribution is 2.25. The standard InChI is InChI=1S/C13H17ClN2/c1-4-7-16(10(2)3)13-6-5-12(14)8-11(13)9-15/h5-6,8,10H,4,7H2,1-3H3. The number of halogens is 1. The van der Waals surface area contributed by atoms with E-state index in [9.17, 15) is 0 Å². The molecule has 0 aliphatic rings. The Morgan fingerprint density at radius 3 is 2.62 bits per heavy atom. The fourth-order valence-corrected chi connectivity index (χ4v) is 1.92. The Bertz CT molecular complexity index is 393. The van der Waals surface area contributed by atoms with Crippen molar-refractivity contribution >= 4 is 17.3 Å². The molecule has 1 aromatic carbocycles. The predicted octanol–water partition coefficient (Wildman–Crippen LogP) is 3.84. The van der Waals surface area contributed by atoms with Crippen molar-refractivity contribution in [2.24, 2.45) is 0 Å². The maximum atomic E-state index is 9.11. The number of nitrogens with zero attached hydrogens (tertiary/aromatic N) is 2. The number of hydrogen-bond donors (Lipinski definition) is 0. The van der Waals surface area contributed by atoms with E-state index in [1.807, 2.05) is 12.1 Å². The average Bonchev–Trinajstić information content (AvgIpc) is 2.26. The summed E-state index contributed by atoms with van der Waals surface area (Å²) >= 11 is 5.89. The summed E-state index contributed by atoms with van der Waals surface area (Å²) in [5, 5.41) is 9.72. The van der Waals surface area contributed by atoms with Crippen LogP contribution in [-0.4, -0.2) is 12.6 Å². The van der Waals surface area contributed by atoms with Gasteiger partial charge in [0.2, 0.25) is 0 Å². The zero-order chi connectivity index (χ0) is 12.1. The molecule has 86 valence electrons. The second kappa shape index (κ2) is 5.77. The molecule has 0 fully saturated rings. The first-order valence-corrected chi connectivity index (χ1v) is 5.94. The van der Waals surface area contributed by atoms with Crippen LogP contribution in [0.4, 0.5) is 5.69 Å². The molecule has 3 heteroatoms. The van der Waals surface area contributed by atoms with E-state index in [2.05, 4.69) is 31.7 Å². The molecule has 2 nitrogen and oxygen atoms in total. The van der Waals surface area contributed by atoms with Gasteiger partial charge in [0.25, 0.3) is 0 Å². The molecular formula is C13H17ClN2. The lowest BCUT2D eigenvalue weighted by Crippen LogP contribution is -2.32. The number of rotatable bonds is 4. The van der Waals surface area contributed by atoms with Gasteiger partial charge in [0, 0.05) is 17.6 Å². The lowest BCUT2D eigenvalue weighted by atomic mass is 10.1. The molecule has 0 saturated heterocycles. The van der Waals surface area contributed by atoms with E-state index >= 15 is 0 Å². The van der Waals surface area contributed by atoms with Crippen LogP contribution in [0.1, 0.15) is 32.8 Å². The molecule has 1 rings (SSSR count). The van der Waals surface area contributed by atoms with Gasteiger partial charge in [-0.15, -0.1) is 0 Å². The van der Waals surface area contributed by atoms with Crippen LogP contribution < -0.4 is 4.90 Å². The largest absolute Gasteiger partial charge is 0.368 e. The van der Waals surface area contributed by atoms with Crippen LogP contribution in [0.5, 0.6) is 0 Å².